The summed E-state index contributed by atoms with van der Waals surface area (Å²) in [5, 5.41) is 55.0. The Morgan fingerprint density at radius 3 is 2.24 bits per heavy atom. The fourth-order valence-corrected chi connectivity index (χ4v) is 3.29. The number of aryl methyl sites for hydroxylation is 1. The lowest BCUT2D eigenvalue weighted by Gasteiger charge is -2.21. The van der Waals surface area contributed by atoms with Crippen molar-refractivity contribution in [3.05, 3.63) is 63.5 Å². The van der Waals surface area contributed by atoms with Crippen LogP contribution in [0.2, 0.25) is 0 Å². The van der Waals surface area contributed by atoms with E-state index in [1.165, 1.54) is 18.2 Å². The summed E-state index contributed by atoms with van der Waals surface area (Å²) in [6, 6.07) is 10.9. The zero-order valence-electron chi connectivity index (χ0n) is 18.9. The highest BCUT2D eigenvalue weighted by atomic mass is 16.8. The fraction of sp³-hybridized carbons (Fsp3) is 0.273. The SMILES string of the molecule is Cc1cccc(C(C)C)c1NC(=O)/C(Cc1c([NH+]([O-])O)cccc1[NH+]([O-])O)=N/NC(=O)CC#N. The molecule has 0 bridgehead atoms. The number of amides is 2. The molecule has 0 heterocycles. The predicted molar refractivity (Wildman–Crippen MR) is 121 cm³/mol. The maximum absolute atomic E-state index is 13.2. The van der Waals surface area contributed by atoms with Crippen LogP contribution in [0.5, 0.6) is 0 Å². The summed E-state index contributed by atoms with van der Waals surface area (Å²) in [4.78, 5) is 25.0. The third-order valence-corrected chi connectivity index (χ3v) is 4.96. The van der Waals surface area contributed by atoms with Gasteiger partial charge in [0.25, 0.3) is 11.8 Å². The minimum absolute atomic E-state index is 0.0669. The van der Waals surface area contributed by atoms with Crippen LogP contribution in [0.4, 0.5) is 17.1 Å². The van der Waals surface area contributed by atoms with Crippen LogP contribution < -0.4 is 21.2 Å². The Morgan fingerprint density at radius 1 is 1.12 bits per heavy atom. The van der Waals surface area contributed by atoms with Crippen LogP contribution in [0.25, 0.3) is 0 Å². The van der Waals surface area contributed by atoms with Gasteiger partial charge in [-0.15, -0.1) is 0 Å². The van der Waals surface area contributed by atoms with Gasteiger partial charge in [-0.3, -0.25) is 9.59 Å². The molecule has 2 unspecified atom stereocenters. The van der Waals surface area contributed by atoms with Crippen molar-refractivity contribution in [1.82, 2.24) is 5.43 Å². The summed E-state index contributed by atoms with van der Waals surface area (Å²) < 4.78 is 0. The molecule has 0 saturated heterocycles. The van der Waals surface area contributed by atoms with Crippen molar-refractivity contribution in [2.24, 2.45) is 5.10 Å². The smallest absolute Gasteiger partial charge is 0.272 e. The highest BCUT2D eigenvalue weighted by Gasteiger charge is 2.25. The second-order valence-corrected chi connectivity index (χ2v) is 7.70. The summed E-state index contributed by atoms with van der Waals surface area (Å²) in [7, 11) is 0. The van der Waals surface area contributed by atoms with Crippen LogP contribution in [0.15, 0.2) is 41.5 Å². The molecule has 2 aromatic carbocycles. The lowest BCUT2D eigenvalue weighted by Crippen LogP contribution is -3.01. The number of quaternary nitrogens is 2. The van der Waals surface area contributed by atoms with Crippen LogP contribution in [0, 0.1) is 28.7 Å². The van der Waals surface area contributed by atoms with Crippen LogP contribution in [-0.4, -0.2) is 27.9 Å². The number of hydrogen-bond donors (Lipinski definition) is 6. The topological polar surface area (TPSA) is 190 Å². The molecule has 180 valence electrons. The molecule has 2 aromatic rings. The molecule has 0 spiro atoms. The summed E-state index contributed by atoms with van der Waals surface area (Å²) in [5.41, 5.74) is 3.12. The number of para-hydroxylation sites is 1. The van der Waals surface area contributed by atoms with Gasteiger partial charge in [0.1, 0.15) is 12.1 Å². The summed E-state index contributed by atoms with van der Waals surface area (Å²) in [5.74, 6) is -1.47. The van der Waals surface area contributed by atoms with Gasteiger partial charge in [0.05, 0.1) is 11.6 Å². The van der Waals surface area contributed by atoms with Gasteiger partial charge in [-0.25, -0.2) is 15.8 Å². The quantitative estimate of drug-likeness (QED) is 0.227. The van der Waals surface area contributed by atoms with Gasteiger partial charge < -0.3 is 15.7 Å². The van der Waals surface area contributed by atoms with E-state index in [9.17, 15) is 30.4 Å². The molecule has 0 fully saturated rings. The first-order valence-electron chi connectivity index (χ1n) is 10.3. The monoisotopic (exact) mass is 470 g/mol. The normalized spacial score (nSPS) is 13.2. The Balaban J connectivity index is 2.53. The number of hydrogen-bond acceptors (Lipinski definition) is 8. The molecule has 12 heteroatoms. The van der Waals surface area contributed by atoms with Crippen molar-refractivity contribution in [1.29, 1.82) is 5.26 Å². The maximum Gasteiger partial charge on any atom is 0.272 e. The van der Waals surface area contributed by atoms with E-state index in [1.807, 2.05) is 26.0 Å². The van der Waals surface area contributed by atoms with E-state index in [-0.39, 0.29) is 28.6 Å². The minimum atomic E-state index is -1.38. The highest BCUT2D eigenvalue weighted by molar-refractivity contribution is 6.43. The van der Waals surface area contributed by atoms with E-state index < -0.39 is 35.1 Å². The largest absolute Gasteiger partial charge is 0.595 e. The standard InChI is InChI=1S/C22H26N6O6/c1-13(2)15-7-4-6-14(3)21(15)24-22(30)17(25-26-20(29)10-11-23)12-16-18(27(31)32)8-5-9-19(16)28(33)34/h4-9,13,27-28,31,33H,10,12H2,1-3H3,(H,24,30)(H,26,29)/b25-17+. The van der Waals surface area contributed by atoms with Gasteiger partial charge in [0.2, 0.25) is 0 Å². The molecule has 0 saturated carbocycles. The lowest BCUT2D eigenvalue weighted by molar-refractivity contribution is -0.996. The Hall–Kier alpha value is -3.70. The average molecular weight is 470 g/mol. The Labute approximate surface area is 195 Å². The van der Waals surface area contributed by atoms with E-state index in [0.29, 0.717) is 5.69 Å². The van der Waals surface area contributed by atoms with E-state index in [2.05, 4.69) is 15.8 Å². The number of anilines is 1. The number of nitrogens with zero attached hydrogens (tertiary/aromatic N) is 2. The zero-order chi connectivity index (χ0) is 25.4. The molecule has 2 amide bonds. The summed E-state index contributed by atoms with van der Waals surface area (Å²) >= 11 is 0. The molecule has 0 aliphatic heterocycles. The van der Waals surface area contributed by atoms with E-state index >= 15 is 0 Å². The van der Waals surface area contributed by atoms with Crippen LogP contribution in [0.1, 0.15) is 42.9 Å². The Bertz CT molecular complexity index is 1100. The molecule has 12 nitrogen and oxygen atoms in total. The van der Waals surface area contributed by atoms with Crippen LogP contribution in [-0.2, 0) is 16.0 Å². The van der Waals surface area contributed by atoms with Crippen LogP contribution >= 0.6 is 0 Å². The van der Waals surface area contributed by atoms with E-state index in [0.717, 1.165) is 11.1 Å². The van der Waals surface area contributed by atoms with E-state index in [4.69, 9.17) is 5.26 Å². The summed E-state index contributed by atoms with van der Waals surface area (Å²) in [6.45, 7) is 5.70. The number of hydrazone groups is 1. The van der Waals surface area contributed by atoms with Crippen molar-refractivity contribution >= 4 is 34.6 Å². The number of benzene rings is 2. The zero-order valence-corrected chi connectivity index (χ0v) is 18.9. The summed E-state index contributed by atoms with van der Waals surface area (Å²) in [6.07, 6.45) is -1.01. The molecule has 34 heavy (non-hydrogen) atoms. The van der Waals surface area contributed by atoms with Gasteiger partial charge in [-0.1, -0.05) is 38.1 Å². The van der Waals surface area contributed by atoms with Crippen molar-refractivity contribution in [2.75, 3.05) is 5.32 Å². The number of rotatable bonds is 9. The van der Waals surface area contributed by atoms with Gasteiger partial charge in [-0.05, 0) is 24.0 Å². The molecule has 6 N–H and O–H groups in total. The van der Waals surface area contributed by atoms with Crippen molar-refractivity contribution in [3.8, 4) is 6.07 Å². The number of nitriles is 1. The number of carbonyl (C=O) groups is 2. The second kappa shape index (κ2) is 12.0. The van der Waals surface area contributed by atoms with Gasteiger partial charge >= 0.3 is 0 Å². The third kappa shape index (κ3) is 6.65. The lowest BCUT2D eigenvalue weighted by atomic mass is 9.97. The van der Waals surface area contributed by atoms with Gasteiger partial charge in [-0.2, -0.15) is 20.8 Å². The molecule has 0 radical (unpaired) electrons. The predicted octanol–water partition coefficient (Wildman–Crippen LogP) is 0.492. The molecular formula is C22H26N6O6. The maximum atomic E-state index is 13.2. The Morgan fingerprint density at radius 2 is 1.71 bits per heavy atom. The molecule has 2 atom stereocenters. The second-order valence-electron chi connectivity index (χ2n) is 7.70. The molecule has 0 aromatic heterocycles. The minimum Gasteiger partial charge on any atom is -0.595 e. The Kier molecular flexibility index (Phi) is 9.34. The average Bonchev–Trinajstić information content (AvgIpc) is 2.77. The van der Waals surface area contributed by atoms with Gasteiger partial charge in [0.15, 0.2) is 11.4 Å². The fourth-order valence-electron chi connectivity index (χ4n) is 3.29. The highest BCUT2D eigenvalue weighted by Crippen LogP contribution is 2.28. The van der Waals surface area contributed by atoms with Crippen molar-refractivity contribution in [3.63, 3.8) is 0 Å². The van der Waals surface area contributed by atoms with Gasteiger partial charge in [0, 0.05) is 24.2 Å². The molecular weight excluding hydrogens is 444 g/mol. The molecule has 2 rings (SSSR count). The first-order valence-corrected chi connectivity index (χ1v) is 10.3. The van der Waals surface area contributed by atoms with Crippen molar-refractivity contribution < 1.29 is 30.5 Å². The van der Waals surface area contributed by atoms with Crippen LogP contribution in [0.3, 0.4) is 0 Å². The van der Waals surface area contributed by atoms with Crippen molar-refractivity contribution in [2.45, 2.75) is 39.5 Å². The third-order valence-electron chi connectivity index (χ3n) is 4.96. The first-order chi connectivity index (χ1) is 16.1. The first kappa shape index (κ1) is 26.6. The number of carbonyl (C=O) groups excluding carboxylic acids is 2. The molecule has 0 aliphatic rings. The molecule has 0 aliphatic carbocycles. The number of nitrogens with one attached hydrogen (secondary N) is 4. The van der Waals surface area contributed by atoms with E-state index in [1.54, 1.807) is 19.1 Å².